The van der Waals surface area contributed by atoms with E-state index in [1.54, 1.807) is 12.1 Å². The number of amides is 1. The van der Waals surface area contributed by atoms with E-state index in [1.165, 1.54) is 7.11 Å². The number of nitrogens with zero attached hydrogens (tertiary/aromatic N) is 2. The number of aromatic amines is 1. The van der Waals surface area contributed by atoms with Crippen molar-refractivity contribution >= 4 is 21.8 Å². The number of carbonyl (C=O) groups is 1. The second-order valence-corrected chi connectivity index (χ2v) is 4.66. The molecular formula is C12H13BrN4O3. The number of nitrogens with one attached hydrogen (secondary N) is 1. The summed E-state index contributed by atoms with van der Waals surface area (Å²) in [7, 11) is 1.53. The Morgan fingerprint density at radius 3 is 2.80 bits per heavy atom. The van der Waals surface area contributed by atoms with Gasteiger partial charge in [-0.1, -0.05) is 0 Å². The van der Waals surface area contributed by atoms with Gasteiger partial charge in [-0.15, -0.1) is 0 Å². The molecule has 0 spiro atoms. The van der Waals surface area contributed by atoms with Crippen molar-refractivity contribution in [1.29, 1.82) is 0 Å². The van der Waals surface area contributed by atoms with E-state index in [2.05, 4.69) is 31.3 Å². The molecule has 0 fully saturated rings. The van der Waals surface area contributed by atoms with Crippen molar-refractivity contribution in [3.8, 4) is 22.8 Å². The lowest BCUT2D eigenvalue weighted by Gasteiger charge is -2.12. The summed E-state index contributed by atoms with van der Waals surface area (Å²) in [4.78, 5) is 11.3. The number of benzene rings is 1. The minimum absolute atomic E-state index is 0.0723. The maximum atomic E-state index is 11.3. The number of nitrogens with two attached hydrogens (primary N) is 1. The van der Waals surface area contributed by atoms with Crippen LogP contribution in [0.3, 0.4) is 0 Å². The molecule has 0 aliphatic rings. The van der Waals surface area contributed by atoms with Crippen molar-refractivity contribution in [2.24, 2.45) is 5.73 Å². The molecule has 106 valence electrons. The minimum Gasteiger partial charge on any atom is -0.493 e. The van der Waals surface area contributed by atoms with Gasteiger partial charge in [0.1, 0.15) is 5.69 Å². The number of H-pyrrole nitrogens is 1. The maximum absolute atomic E-state index is 11.3. The summed E-state index contributed by atoms with van der Waals surface area (Å²) in [6.45, 7) is 2.38. The fourth-order valence-corrected chi connectivity index (χ4v) is 2.30. The standard InChI is InChI=1S/C12H13BrN4O3/c1-3-20-11-7(13)4-6(5-8(11)19-2)9-10(12(14)18)16-17-15-9/h4-5H,3H2,1-2H3,(H2,14,18)(H,15,16,17). The van der Waals surface area contributed by atoms with E-state index >= 15 is 0 Å². The smallest absolute Gasteiger partial charge is 0.271 e. The largest absolute Gasteiger partial charge is 0.493 e. The first-order chi connectivity index (χ1) is 9.58. The highest BCUT2D eigenvalue weighted by Crippen LogP contribution is 2.39. The molecule has 0 unspecified atom stereocenters. The van der Waals surface area contributed by atoms with Crippen LogP contribution in [0.2, 0.25) is 0 Å². The monoisotopic (exact) mass is 340 g/mol. The Kier molecular flexibility index (Phi) is 4.23. The van der Waals surface area contributed by atoms with Gasteiger partial charge in [-0.05, 0) is 35.0 Å². The Balaban J connectivity index is 2.56. The molecule has 1 heterocycles. The number of halogens is 1. The highest BCUT2D eigenvalue weighted by atomic mass is 79.9. The van der Waals surface area contributed by atoms with E-state index in [4.69, 9.17) is 15.2 Å². The van der Waals surface area contributed by atoms with Gasteiger partial charge in [-0.25, -0.2) is 0 Å². The molecule has 2 rings (SSSR count). The second-order valence-electron chi connectivity index (χ2n) is 3.81. The number of rotatable bonds is 5. The lowest BCUT2D eigenvalue weighted by atomic mass is 10.1. The zero-order chi connectivity index (χ0) is 14.7. The van der Waals surface area contributed by atoms with Crippen LogP contribution in [-0.4, -0.2) is 35.0 Å². The van der Waals surface area contributed by atoms with E-state index in [9.17, 15) is 4.79 Å². The van der Waals surface area contributed by atoms with Gasteiger partial charge in [-0.3, -0.25) is 4.79 Å². The maximum Gasteiger partial charge on any atom is 0.271 e. The third-order valence-corrected chi connectivity index (χ3v) is 3.16. The summed E-state index contributed by atoms with van der Waals surface area (Å²) in [5.74, 6) is 0.454. The Morgan fingerprint density at radius 2 is 2.20 bits per heavy atom. The van der Waals surface area contributed by atoms with Gasteiger partial charge in [0.15, 0.2) is 17.2 Å². The number of hydrogen-bond donors (Lipinski definition) is 2. The first-order valence-electron chi connectivity index (χ1n) is 5.79. The molecule has 1 aromatic carbocycles. The van der Waals surface area contributed by atoms with Crippen molar-refractivity contribution in [3.05, 3.63) is 22.3 Å². The molecular weight excluding hydrogens is 328 g/mol. The average molecular weight is 341 g/mol. The summed E-state index contributed by atoms with van der Waals surface area (Å²) < 4.78 is 11.5. The predicted octanol–water partition coefficient (Wildman–Crippen LogP) is 1.74. The van der Waals surface area contributed by atoms with Gasteiger partial charge >= 0.3 is 0 Å². The number of carbonyl (C=O) groups excluding carboxylic acids is 1. The molecule has 2 aromatic rings. The molecule has 0 aliphatic carbocycles. The van der Waals surface area contributed by atoms with E-state index < -0.39 is 5.91 Å². The normalized spacial score (nSPS) is 10.3. The van der Waals surface area contributed by atoms with Crippen LogP contribution in [0.1, 0.15) is 17.4 Å². The van der Waals surface area contributed by atoms with Crippen molar-refractivity contribution in [1.82, 2.24) is 15.4 Å². The van der Waals surface area contributed by atoms with E-state index in [-0.39, 0.29) is 5.69 Å². The molecule has 0 saturated carbocycles. The third-order valence-electron chi connectivity index (χ3n) is 2.57. The SMILES string of the molecule is CCOc1c(Br)cc(-c2n[nH]nc2C(N)=O)cc1OC. The Bertz CT molecular complexity index is 642. The molecule has 0 bridgehead atoms. The molecule has 8 heteroatoms. The second kappa shape index (κ2) is 5.91. The molecule has 3 N–H and O–H groups in total. The summed E-state index contributed by atoms with van der Waals surface area (Å²) >= 11 is 3.41. The van der Waals surface area contributed by atoms with Crippen molar-refractivity contribution in [2.45, 2.75) is 6.92 Å². The van der Waals surface area contributed by atoms with Gasteiger partial charge in [0, 0.05) is 5.56 Å². The third kappa shape index (κ3) is 2.60. The minimum atomic E-state index is -0.655. The first kappa shape index (κ1) is 14.3. The summed E-state index contributed by atoms with van der Waals surface area (Å²) in [5, 5.41) is 10.1. The Hall–Kier alpha value is -2.09. The molecule has 1 aromatic heterocycles. The predicted molar refractivity (Wildman–Crippen MR) is 75.8 cm³/mol. The highest BCUT2D eigenvalue weighted by Gasteiger charge is 2.19. The summed E-state index contributed by atoms with van der Waals surface area (Å²) in [6.07, 6.45) is 0. The zero-order valence-electron chi connectivity index (χ0n) is 10.9. The van der Waals surface area contributed by atoms with Crippen molar-refractivity contribution in [3.63, 3.8) is 0 Å². The van der Waals surface area contributed by atoms with Gasteiger partial charge < -0.3 is 15.2 Å². The zero-order valence-corrected chi connectivity index (χ0v) is 12.5. The molecule has 0 atom stereocenters. The number of methoxy groups -OCH3 is 1. The van der Waals surface area contributed by atoms with Gasteiger partial charge in [0.2, 0.25) is 0 Å². The van der Waals surface area contributed by atoms with E-state index in [0.717, 1.165) is 0 Å². The lowest BCUT2D eigenvalue weighted by Crippen LogP contribution is -2.12. The quantitative estimate of drug-likeness (QED) is 0.862. The van der Waals surface area contributed by atoms with Gasteiger partial charge in [-0.2, -0.15) is 15.4 Å². The first-order valence-corrected chi connectivity index (χ1v) is 6.59. The number of primary amides is 1. The average Bonchev–Trinajstić information content (AvgIpc) is 2.90. The fourth-order valence-electron chi connectivity index (χ4n) is 1.74. The highest BCUT2D eigenvalue weighted by molar-refractivity contribution is 9.10. The fraction of sp³-hybridized carbons (Fsp3) is 0.250. The van der Waals surface area contributed by atoms with Crippen LogP contribution in [-0.2, 0) is 0 Å². The molecule has 0 aliphatic heterocycles. The van der Waals surface area contributed by atoms with Crippen LogP contribution in [0.15, 0.2) is 16.6 Å². The Morgan fingerprint density at radius 1 is 1.45 bits per heavy atom. The van der Waals surface area contributed by atoms with Crippen LogP contribution in [0, 0.1) is 0 Å². The van der Waals surface area contributed by atoms with Crippen LogP contribution >= 0.6 is 15.9 Å². The van der Waals surface area contributed by atoms with Gasteiger partial charge in [0.25, 0.3) is 5.91 Å². The summed E-state index contributed by atoms with van der Waals surface area (Å²) in [5.41, 5.74) is 6.33. The molecule has 0 saturated heterocycles. The van der Waals surface area contributed by atoms with Crippen LogP contribution < -0.4 is 15.2 Å². The molecule has 0 radical (unpaired) electrons. The summed E-state index contributed by atoms with van der Waals surface area (Å²) in [6, 6.07) is 3.47. The van der Waals surface area contributed by atoms with Crippen molar-refractivity contribution < 1.29 is 14.3 Å². The lowest BCUT2D eigenvalue weighted by molar-refractivity contribution is 0.0996. The molecule has 20 heavy (non-hydrogen) atoms. The molecule has 1 amide bonds. The van der Waals surface area contributed by atoms with Gasteiger partial charge in [0.05, 0.1) is 18.2 Å². The van der Waals surface area contributed by atoms with Crippen molar-refractivity contribution in [2.75, 3.05) is 13.7 Å². The van der Waals surface area contributed by atoms with E-state index in [1.807, 2.05) is 6.92 Å². The number of ether oxygens (including phenoxy) is 2. The molecule has 7 nitrogen and oxygen atoms in total. The van der Waals surface area contributed by atoms with E-state index in [0.29, 0.717) is 33.8 Å². The number of hydrogen-bond acceptors (Lipinski definition) is 5. The van der Waals surface area contributed by atoms with Crippen LogP contribution in [0.4, 0.5) is 0 Å². The van der Waals surface area contributed by atoms with Crippen LogP contribution in [0.25, 0.3) is 11.3 Å². The number of aromatic nitrogens is 3. The van der Waals surface area contributed by atoms with Crippen LogP contribution in [0.5, 0.6) is 11.5 Å². The Labute approximate surface area is 123 Å². The topological polar surface area (TPSA) is 103 Å².